The van der Waals surface area contributed by atoms with Crippen LogP contribution in [0.15, 0.2) is 59.5 Å². The molecule has 0 radical (unpaired) electrons. The van der Waals surface area contributed by atoms with Gasteiger partial charge in [-0.3, -0.25) is 0 Å². The highest BCUT2D eigenvalue weighted by molar-refractivity contribution is 7.89. The second kappa shape index (κ2) is 6.85. The highest BCUT2D eigenvalue weighted by Crippen LogP contribution is 2.10. The summed E-state index contributed by atoms with van der Waals surface area (Å²) in [5.74, 6) is 0. The number of aryl methyl sites for hydroxylation is 1. The largest absolute Gasteiger partial charge is 0.326 e. The third-order valence-corrected chi connectivity index (χ3v) is 4.65. The van der Waals surface area contributed by atoms with Crippen LogP contribution >= 0.6 is 0 Å². The zero-order valence-corrected chi connectivity index (χ0v) is 12.8. The van der Waals surface area contributed by atoms with Crippen molar-refractivity contribution in [3.8, 4) is 0 Å². The number of hydrogen-bond donors (Lipinski definition) is 2. The fraction of sp³-hybridized carbons (Fsp3) is 0.250. The minimum absolute atomic E-state index is 0.213. The average molecular weight is 304 g/mol. The van der Waals surface area contributed by atoms with Crippen LogP contribution < -0.4 is 10.5 Å². The fourth-order valence-electron chi connectivity index (χ4n) is 2.01. The normalized spacial score (nSPS) is 13.0. The topological polar surface area (TPSA) is 72.2 Å². The summed E-state index contributed by atoms with van der Waals surface area (Å²) < 4.78 is 26.8. The third-order valence-electron chi connectivity index (χ3n) is 3.21. The molecule has 5 heteroatoms. The van der Waals surface area contributed by atoms with Crippen molar-refractivity contribution in [3.63, 3.8) is 0 Å². The van der Waals surface area contributed by atoms with Gasteiger partial charge >= 0.3 is 0 Å². The summed E-state index contributed by atoms with van der Waals surface area (Å²) in [6, 6.07) is 16.3. The van der Waals surface area contributed by atoms with Crippen LogP contribution in [0.3, 0.4) is 0 Å². The maximum Gasteiger partial charge on any atom is 0.240 e. The minimum Gasteiger partial charge on any atom is -0.326 e. The Hall–Kier alpha value is -1.69. The Labute approximate surface area is 126 Å². The summed E-state index contributed by atoms with van der Waals surface area (Å²) in [4.78, 5) is 0.264. The lowest BCUT2D eigenvalue weighted by Crippen LogP contribution is -2.38. The van der Waals surface area contributed by atoms with Gasteiger partial charge in [0.1, 0.15) is 0 Å². The van der Waals surface area contributed by atoms with Crippen molar-refractivity contribution in [2.45, 2.75) is 24.3 Å². The summed E-state index contributed by atoms with van der Waals surface area (Å²) in [7, 11) is -3.49. The Bertz CT molecular complexity index is 667. The molecular formula is C16H20N2O2S. The van der Waals surface area contributed by atoms with Crippen molar-refractivity contribution >= 4 is 10.0 Å². The second-order valence-electron chi connectivity index (χ2n) is 5.11. The Morgan fingerprint density at radius 3 is 2.29 bits per heavy atom. The van der Waals surface area contributed by atoms with Gasteiger partial charge in [0.15, 0.2) is 0 Å². The Morgan fingerprint density at radius 2 is 1.67 bits per heavy atom. The maximum absolute atomic E-state index is 12.1. The van der Waals surface area contributed by atoms with Gasteiger partial charge in [-0.25, -0.2) is 13.1 Å². The van der Waals surface area contributed by atoms with E-state index in [2.05, 4.69) is 4.72 Å². The molecule has 0 unspecified atom stereocenters. The monoisotopic (exact) mass is 304 g/mol. The van der Waals surface area contributed by atoms with Crippen LogP contribution in [-0.4, -0.2) is 21.0 Å². The van der Waals surface area contributed by atoms with Gasteiger partial charge in [0.05, 0.1) is 4.90 Å². The zero-order valence-electron chi connectivity index (χ0n) is 12.0. The molecule has 0 spiro atoms. The highest BCUT2D eigenvalue weighted by atomic mass is 32.2. The molecule has 0 bridgehead atoms. The molecule has 0 aliphatic carbocycles. The molecule has 1 atom stereocenters. The number of nitrogens with two attached hydrogens (primary N) is 1. The van der Waals surface area contributed by atoms with Gasteiger partial charge in [0.2, 0.25) is 10.0 Å². The maximum atomic E-state index is 12.1. The molecule has 0 aromatic heterocycles. The summed E-state index contributed by atoms with van der Waals surface area (Å²) in [5.41, 5.74) is 8.11. The first-order valence-corrected chi connectivity index (χ1v) is 8.31. The molecule has 0 aliphatic rings. The molecule has 0 heterocycles. The highest BCUT2D eigenvalue weighted by Gasteiger charge is 2.15. The Morgan fingerprint density at radius 1 is 1.05 bits per heavy atom. The Balaban J connectivity index is 1.94. The Kier molecular flexibility index (Phi) is 5.12. The molecule has 4 nitrogen and oxygen atoms in total. The molecule has 3 N–H and O–H groups in total. The quantitative estimate of drug-likeness (QED) is 0.855. The van der Waals surface area contributed by atoms with Crippen LogP contribution in [0.5, 0.6) is 0 Å². The molecular weight excluding hydrogens is 284 g/mol. The minimum atomic E-state index is -3.49. The van der Waals surface area contributed by atoms with Crippen LogP contribution in [0.2, 0.25) is 0 Å². The van der Waals surface area contributed by atoms with E-state index in [0.29, 0.717) is 6.42 Å². The lowest BCUT2D eigenvalue weighted by molar-refractivity contribution is 0.567. The van der Waals surface area contributed by atoms with Gasteiger partial charge in [-0.15, -0.1) is 0 Å². The van der Waals surface area contributed by atoms with E-state index in [-0.39, 0.29) is 17.5 Å². The van der Waals surface area contributed by atoms with Gasteiger partial charge in [-0.2, -0.15) is 0 Å². The van der Waals surface area contributed by atoms with Crippen molar-refractivity contribution in [3.05, 3.63) is 65.7 Å². The van der Waals surface area contributed by atoms with E-state index in [0.717, 1.165) is 11.1 Å². The van der Waals surface area contributed by atoms with Crippen molar-refractivity contribution in [1.29, 1.82) is 0 Å². The number of hydrogen-bond acceptors (Lipinski definition) is 3. The van der Waals surface area contributed by atoms with E-state index in [1.807, 2.05) is 37.3 Å². The van der Waals surface area contributed by atoms with Crippen LogP contribution in [-0.2, 0) is 16.4 Å². The average Bonchev–Trinajstić information content (AvgIpc) is 2.47. The smallest absolute Gasteiger partial charge is 0.240 e. The van der Waals surface area contributed by atoms with E-state index in [1.165, 1.54) is 0 Å². The van der Waals surface area contributed by atoms with Crippen molar-refractivity contribution in [1.82, 2.24) is 4.72 Å². The summed E-state index contributed by atoms with van der Waals surface area (Å²) in [6.45, 7) is 2.13. The predicted octanol–water partition coefficient (Wildman–Crippen LogP) is 1.84. The van der Waals surface area contributed by atoms with E-state index in [9.17, 15) is 8.42 Å². The molecule has 0 fully saturated rings. The number of sulfonamides is 1. The third kappa shape index (κ3) is 4.67. The van der Waals surface area contributed by atoms with Crippen molar-refractivity contribution in [2.24, 2.45) is 5.73 Å². The van der Waals surface area contributed by atoms with Crippen LogP contribution in [0.1, 0.15) is 11.1 Å². The van der Waals surface area contributed by atoms with Gasteiger partial charge in [0.25, 0.3) is 0 Å². The zero-order chi connectivity index (χ0) is 15.3. The van der Waals surface area contributed by atoms with Crippen molar-refractivity contribution < 1.29 is 8.42 Å². The first-order valence-electron chi connectivity index (χ1n) is 6.83. The first kappa shape index (κ1) is 15.7. The van der Waals surface area contributed by atoms with Gasteiger partial charge in [-0.1, -0.05) is 48.0 Å². The second-order valence-corrected chi connectivity index (χ2v) is 6.88. The van der Waals surface area contributed by atoms with Crippen LogP contribution in [0, 0.1) is 6.92 Å². The van der Waals surface area contributed by atoms with Gasteiger partial charge in [-0.05, 0) is 31.0 Å². The molecule has 112 valence electrons. The molecule has 0 saturated heterocycles. The van der Waals surface area contributed by atoms with E-state index >= 15 is 0 Å². The van der Waals surface area contributed by atoms with E-state index in [4.69, 9.17) is 5.73 Å². The number of nitrogens with one attached hydrogen (secondary N) is 1. The molecule has 2 aromatic rings. The molecule has 2 rings (SSSR count). The summed E-state index contributed by atoms with van der Waals surface area (Å²) in [5, 5.41) is 0. The van der Waals surface area contributed by atoms with Crippen molar-refractivity contribution in [2.75, 3.05) is 6.54 Å². The standard InChI is InChI=1S/C16H20N2O2S/c1-13-7-9-16(10-8-13)21(19,20)18-12-15(17)11-14-5-3-2-4-6-14/h2-10,15,18H,11-12,17H2,1H3/t15-/m0/s1. The van der Waals surface area contributed by atoms with E-state index < -0.39 is 10.0 Å². The molecule has 21 heavy (non-hydrogen) atoms. The lowest BCUT2D eigenvalue weighted by Gasteiger charge is -2.13. The van der Waals surface area contributed by atoms with E-state index in [1.54, 1.807) is 24.3 Å². The summed E-state index contributed by atoms with van der Waals surface area (Å²) in [6.07, 6.45) is 0.636. The SMILES string of the molecule is Cc1ccc(S(=O)(=O)NC[C@@H](N)Cc2ccccc2)cc1. The molecule has 0 aliphatic heterocycles. The molecule has 2 aromatic carbocycles. The number of rotatable bonds is 6. The predicted molar refractivity (Wildman–Crippen MR) is 84.5 cm³/mol. The lowest BCUT2D eigenvalue weighted by atomic mass is 10.1. The van der Waals surface area contributed by atoms with Crippen LogP contribution in [0.4, 0.5) is 0 Å². The fourth-order valence-corrected chi connectivity index (χ4v) is 3.10. The molecule has 0 saturated carbocycles. The summed E-state index contributed by atoms with van der Waals surface area (Å²) >= 11 is 0. The first-order chi connectivity index (χ1) is 9.97. The van der Waals surface area contributed by atoms with Gasteiger partial charge in [0, 0.05) is 12.6 Å². The van der Waals surface area contributed by atoms with Gasteiger partial charge < -0.3 is 5.73 Å². The number of benzene rings is 2. The molecule has 0 amide bonds. The van der Waals surface area contributed by atoms with Crippen LogP contribution in [0.25, 0.3) is 0 Å².